The van der Waals surface area contributed by atoms with Crippen LogP contribution in [0.3, 0.4) is 0 Å². The van der Waals surface area contributed by atoms with Crippen LogP contribution in [0.4, 0.5) is 4.39 Å². The largest absolute Gasteiger partial charge is 0.469 e. The Labute approximate surface area is 87.5 Å². The summed E-state index contributed by atoms with van der Waals surface area (Å²) in [6, 6.07) is 4.46. The summed E-state index contributed by atoms with van der Waals surface area (Å²) < 4.78 is 17.9. The first kappa shape index (κ1) is 11.0. The Balaban J connectivity index is 3.01. The summed E-state index contributed by atoms with van der Waals surface area (Å²) in [5.41, 5.74) is 0.328. The maximum absolute atomic E-state index is 13.3. The third-order valence-electron chi connectivity index (χ3n) is 2.01. The van der Waals surface area contributed by atoms with Crippen molar-refractivity contribution in [3.8, 4) is 0 Å². The molecule has 1 aromatic carbocycles. The molecule has 1 unspecified atom stereocenters. The summed E-state index contributed by atoms with van der Waals surface area (Å²) >= 11 is 3.99. The zero-order chi connectivity index (χ0) is 10.7. The number of carbonyl (C=O) groups excluding carboxylic acids is 1. The van der Waals surface area contributed by atoms with Gasteiger partial charge in [0.2, 0.25) is 0 Å². The molecule has 0 fully saturated rings. The number of benzene rings is 1. The molecule has 0 aliphatic heterocycles. The molecule has 0 saturated heterocycles. The number of hydrogen-bond acceptors (Lipinski definition) is 3. The van der Waals surface area contributed by atoms with Crippen molar-refractivity contribution in [2.45, 2.75) is 17.7 Å². The van der Waals surface area contributed by atoms with E-state index < -0.39 is 17.7 Å². The molecular formula is C10H11FO2S. The topological polar surface area (TPSA) is 26.3 Å². The van der Waals surface area contributed by atoms with Crippen LogP contribution >= 0.6 is 12.6 Å². The van der Waals surface area contributed by atoms with Crippen LogP contribution in [-0.2, 0) is 9.53 Å². The predicted octanol–water partition coefficient (Wildman–Crippen LogP) is 2.39. The highest BCUT2D eigenvalue weighted by Gasteiger charge is 2.18. The standard InChI is InChI=1S/C10H11FO2S/c1-6(10(12)13-2)8-4-3-7(14)5-9(8)11/h3-6,14H,1-2H3. The van der Waals surface area contributed by atoms with E-state index in [1.165, 1.54) is 13.2 Å². The molecule has 14 heavy (non-hydrogen) atoms. The van der Waals surface area contributed by atoms with E-state index >= 15 is 0 Å². The van der Waals surface area contributed by atoms with Crippen molar-refractivity contribution in [3.05, 3.63) is 29.6 Å². The second kappa shape index (κ2) is 4.46. The quantitative estimate of drug-likeness (QED) is 0.604. The number of carbonyl (C=O) groups is 1. The molecule has 2 nitrogen and oxygen atoms in total. The van der Waals surface area contributed by atoms with Crippen LogP contribution in [0, 0.1) is 5.82 Å². The van der Waals surface area contributed by atoms with Gasteiger partial charge in [0.15, 0.2) is 0 Å². The van der Waals surface area contributed by atoms with Gasteiger partial charge in [-0.05, 0) is 19.1 Å². The number of esters is 1. The first-order valence-corrected chi connectivity index (χ1v) is 4.57. The van der Waals surface area contributed by atoms with Crippen molar-refractivity contribution in [3.63, 3.8) is 0 Å². The summed E-state index contributed by atoms with van der Waals surface area (Å²) in [6.07, 6.45) is 0. The summed E-state index contributed by atoms with van der Waals surface area (Å²) in [6.45, 7) is 1.60. The highest BCUT2D eigenvalue weighted by atomic mass is 32.1. The number of ether oxygens (including phenoxy) is 1. The Kier molecular flexibility index (Phi) is 3.52. The Morgan fingerprint density at radius 3 is 2.71 bits per heavy atom. The van der Waals surface area contributed by atoms with Gasteiger partial charge in [-0.3, -0.25) is 4.79 Å². The van der Waals surface area contributed by atoms with E-state index in [1.54, 1.807) is 19.1 Å². The fourth-order valence-electron chi connectivity index (χ4n) is 1.17. The van der Waals surface area contributed by atoms with Gasteiger partial charge >= 0.3 is 5.97 Å². The Morgan fingerprint density at radius 2 is 2.21 bits per heavy atom. The molecule has 0 saturated carbocycles. The monoisotopic (exact) mass is 214 g/mol. The highest BCUT2D eigenvalue weighted by Crippen LogP contribution is 2.22. The van der Waals surface area contributed by atoms with Gasteiger partial charge in [0, 0.05) is 10.5 Å². The molecule has 0 aliphatic rings. The summed E-state index contributed by atoms with van der Waals surface area (Å²) in [5.74, 6) is -1.47. The minimum absolute atomic E-state index is 0.328. The van der Waals surface area contributed by atoms with Crippen molar-refractivity contribution in [2.24, 2.45) is 0 Å². The molecular weight excluding hydrogens is 203 g/mol. The number of halogens is 1. The van der Waals surface area contributed by atoms with Crippen LogP contribution in [-0.4, -0.2) is 13.1 Å². The van der Waals surface area contributed by atoms with Crippen molar-refractivity contribution in [1.82, 2.24) is 0 Å². The first-order chi connectivity index (χ1) is 6.56. The minimum Gasteiger partial charge on any atom is -0.469 e. The van der Waals surface area contributed by atoms with Gasteiger partial charge in [0.05, 0.1) is 13.0 Å². The number of hydrogen-bond donors (Lipinski definition) is 1. The second-order valence-corrected chi connectivity index (χ2v) is 3.47. The normalized spacial score (nSPS) is 12.3. The van der Waals surface area contributed by atoms with E-state index in [9.17, 15) is 9.18 Å². The zero-order valence-electron chi connectivity index (χ0n) is 7.95. The van der Waals surface area contributed by atoms with Gasteiger partial charge in [0.25, 0.3) is 0 Å². The third kappa shape index (κ3) is 2.26. The second-order valence-electron chi connectivity index (χ2n) is 2.95. The molecule has 4 heteroatoms. The van der Waals surface area contributed by atoms with E-state index in [0.717, 1.165) is 0 Å². The Morgan fingerprint density at radius 1 is 1.57 bits per heavy atom. The average molecular weight is 214 g/mol. The maximum Gasteiger partial charge on any atom is 0.312 e. The lowest BCUT2D eigenvalue weighted by atomic mass is 10.0. The van der Waals surface area contributed by atoms with E-state index in [2.05, 4.69) is 17.4 Å². The molecule has 0 heterocycles. The summed E-state index contributed by atoms with van der Waals surface area (Å²) in [7, 11) is 1.28. The smallest absolute Gasteiger partial charge is 0.312 e. The van der Waals surface area contributed by atoms with Crippen LogP contribution in [0.5, 0.6) is 0 Å². The van der Waals surface area contributed by atoms with E-state index in [4.69, 9.17) is 0 Å². The fourth-order valence-corrected chi connectivity index (χ4v) is 1.36. The predicted molar refractivity (Wildman–Crippen MR) is 54.1 cm³/mol. The average Bonchev–Trinajstić information content (AvgIpc) is 2.15. The molecule has 1 aromatic rings. The summed E-state index contributed by atoms with van der Waals surface area (Å²) in [5, 5.41) is 0. The van der Waals surface area contributed by atoms with Crippen LogP contribution in [0.25, 0.3) is 0 Å². The maximum atomic E-state index is 13.3. The first-order valence-electron chi connectivity index (χ1n) is 4.12. The number of methoxy groups -OCH3 is 1. The number of thiol groups is 1. The Hall–Kier alpha value is -1.03. The molecule has 1 atom stereocenters. The van der Waals surface area contributed by atoms with Crippen LogP contribution in [0.2, 0.25) is 0 Å². The molecule has 0 N–H and O–H groups in total. The van der Waals surface area contributed by atoms with Gasteiger partial charge in [-0.1, -0.05) is 6.07 Å². The lowest BCUT2D eigenvalue weighted by Gasteiger charge is -2.10. The molecule has 0 bridgehead atoms. The van der Waals surface area contributed by atoms with Crippen molar-refractivity contribution >= 4 is 18.6 Å². The molecule has 76 valence electrons. The van der Waals surface area contributed by atoms with E-state index in [-0.39, 0.29) is 0 Å². The van der Waals surface area contributed by atoms with Gasteiger partial charge in [-0.2, -0.15) is 0 Å². The van der Waals surface area contributed by atoms with E-state index in [0.29, 0.717) is 10.5 Å². The minimum atomic E-state index is -0.589. The van der Waals surface area contributed by atoms with Crippen LogP contribution < -0.4 is 0 Å². The van der Waals surface area contributed by atoms with Gasteiger partial charge < -0.3 is 4.74 Å². The zero-order valence-corrected chi connectivity index (χ0v) is 8.85. The fraction of sp³-hybridized carbons (Fsp3) is 0.300. The van der Waals surface area contributed by atoms with Crippen molar-refractivity contribution in [2.75, 3.05) is 7.11 Å². The van der Waals surface area contributed by atoms with Crippen molar-refractivity contribution in [1.29, 1.82) is 0 Å². The lowest BCUT2D eigenvalue weighted by molar-refractivity contribution is -0.142. The van der Waals surface area contributed by atoms with Crippen LogP contribution in [0.15, 0.2) is 23.1 Å². The third-order valence-corrected chi connectivity index (χ3v) is 2.28. The molecule has 1 rings (SSSR count). The lowest BCUT2D eigenvalue weighted by Crippen LogP contribution is -2.12. The highest BCUT2D eigenvalue weighted by molar-refractivity contribution is 7.80. The van der Waals surface area contributed by atoms with Gasteiger partial charge in [-0.25, -0.2) is 4.39 Å². The number of rotatable bonds is 2. The molecule has 0 radical (unpaired) electrons. The molecule has 0 aromatic heterocycles. The van der Waals surface area contributed by atoms with Crippen molar-refractivity contribution < 1.29 is 13.9 Å². The molecule has 0 spiro atoms. The SMILES string of the molecule is COC(=O)C(C)c1ccc(S)cc1F. The Bertz CT molecular complexity index is 352. The molecule has 0 amide bonds. The van der Waals surface area contributed by atoms with E-state index in [1.807, 2.05) is 0 Å². The summed E-state index contributed by atoms with van der Waals surface area (Å²) in [4.78, 5) is 11.7. The van der Waals surface area contributed by atoms with Gasteiger partial charge in [0.1, 0.15) is 5.82 Å². The van der Waals surface area contributed by atoms with Gasteiger partial charge in [-0.15, -0.1) is 12.6 Å². The molecule has 0 aliphatic carbocycles. The van der Waals surface area contributed by atoms with Crippen LogP contribution in [0.1, 0.15) is 18.4 Å².